The van der Waals surface area contributed by atoms with Crippen molar-refractivity contribution in [2.24, 2.45) is 5.92 Å². The summed E-state index contributed by atoms with van der Waals surface area (Å²) in [6.07, 6.45) is 3.55. The van der Waals surface area contributed by atoms with E-state index in [2.05, 4.69) is 11.8 Å². The zero-order valence-corrected chi connectivity index (χ0v) is 7.05. The minimum atomic E-state index is 0.428. The third-order valence-electron chi connectivity index (χ3n) is 2.94. The maximum Gasteiger partial charge on any atom is 0.148 e. The van der Waals surface area contributed by atoms with E-state index in [4.69, 9.17) is 0 Å². The van der Waals surface area contributed by atoms with Gasteiger partial charge in [-0.3, -0.25) is 9.69 Å². The number of carbonyl (C=O) groups excluding carboxylic acids is 1. The van der Waals surface area contributed by atoms with Crippen molar-refractivity contribution in [1.82, 2.24) is 4.90 Å². The van der Waals surface area contributed by atoms with E-state index < -0.39 is 0 Å². The quantitative estimate of drug-likeness (QED) is 0.591. The summed E-state index contributed by atoms with van der Waals surface area (Å²) in [4.78, 5) is 13.3. The van der Waals surface area contributed by atoms with E-state index in [0.717, 1.165) is 25.4 Å². The van der Waals surface area contributed by atoms with E-state index >= 15 is 0 Å². The van der Waals surface area contributed by atoms with Crippen LogP contribution in [0, 0.1) is 5.92 Å². The molecular weight excluding hydrogens is 138 g/mol. The summed E-state index contributed by atoms with van der Waals surface area (Å²) < 4.78 is 0. The number of hydrogen-bond donors (Lipinski definition) is 0. The predicted octanol–water partition coefficient (Wildman–Crippen LogP) is 1.06. The molecule has 1 atom stereocenters. The molecule has 11 heavy (non-hydrogen) atoms. The molecule has 0 radical (unpaired) electrons. The predicted molar refractivity (Wildman–Crippen MR) is 43.4 cm³/mol. The second-order valence-electron chi connectivity index (χ2n) is 3.84. The van der Waals surface area contributed by atoms with E-state index in [9.17, 15) is 4.79 Å². The second-order valence-corrected chi connectivity index (χ2v) is 3.84. The Labute approximate surface area is 67.6 Å². The first-order valence-corrected chi connectivity index (χ1v) is 4.53. The molecule has 62 valence electrons. The van der Waals surface area contributed by atoms with Crippen LogP contribution in [-0.2, 0) is 4.79 Å². The van der Waals surface area contributed by atoms with Gasteiger partial charge in [0, 0.05) is 19.0 Å². The van der Waals surface area contributed by atoms with Gasteiger partial charge in [0.05, 0.1) is 6.54 Å². The van der Waals surface area contributed by atoms with Crippen LogP contribution in [0.3, 0.4) is 0 Å². The van der Waals surface area contributed by atoms with Crippen LogP contribution in [0.4, 0.5) is 0 Å². The second kappa shape index (κ2) is 2.59. The first-order valence-electron chi connectivity index (χ1n) is 4.53. The SMILES string of the molecule is CC(C1CC1)N1CCC(=O)C1. The first kappa shape index (κ1) is 7.29. The number of rotatable bonds is 2. The third kappa shape index (κ3) is 1.45. The van der Waals surface area contributed by atoms with Crippen molar-refractivity contribution >= 4 is 5.78 Å². The molecule has 1 aliphatic carbocycles. The molecule has 0 amide bonds. The minimum Gasteiger partial charge on any atom is -0.298 e. The average Bonchev–Trinajstić information content (AvgIpc) is 2.74. The molecule has 1 heterocycles. The monoisotopic (exact) mass is 153 g/mol. The van der Waals surface area contributed by atoms with Crippen molar-refractivity contribution in [3.8, 4) is 0 Å². The number of ketones is 1. The average molecular weight is 153 g/mol. The van der Waals surface area contributed by atoms with Gasteiger partial charge in [-0.15, -0.1) is 0 Å². The van der Waals surface area contributed by atoms with Crippen LogP contribution in [0.25, 0.3) is 0 Å². The lowest BCUT2D eigenvalue weighted by Gasteiger charge is -2.22. The van der Waals surface area contributed by atoms with Crippen molar-refractivity contribution in [1.29, 1.82) is 0 Å². The number of carbonyl (C=O) groups is 1. The highest BCUT2D eigenvalue weighted by Gasteiger charge is 2.34. The van der Waals surface area contributed by atoms with Crippen molar-refractivity contribution in [3.05, 3.63) is 0 Å². The lowest BCUT2D eigenvalue weighted by atomic mass is 10.2. The molecule has 2 heteroatoms. The van der Waals surface area contributed by atoms with Crippen LogP contribution in [0.5, 0.6) is 0 Å². The maximum atomic E-state index is 11.0. The van der Waals surface area contributed by atoms with Crippen LogP contribution in [0.2, 0.25) is 0 Å². The van der Waals surface area contributed by atoms with Crippen molar-refractivity contribution < 1.29 is 4.79 Å². The van der Waals surface area contributed by atoms with Crippen LogP contribution in [0.1, 0.15) is 26.2 Å². The number of hydrogen-bond acceptors (Lipinski definition) is 2. The standard InChI is InChI=1S/C9H15NO/c1-7(8-2-3-8)10-5-4-9(11)6-10/h7-8H,2-6H2,1H3. The Balaban J connectivity index is 1.89. The molecule has 2 nitrogen and oxygen atoms in total. The van der Waals surface area contributed by atoms with E-state index in [1.807, 2.05) is 0 Å². The fourth-order valence-corrected chi connectivity index (χ4v) is 1.88. The maximum absolute atomic E-state index is 11.0. The molecule has 2 fully saturated rings. The highest BCUT2D eigenvalue weighted by Crippen LogP contribution is 2.35. The summed E-state index contributed by atoms with van der Waals surface area (Å²) in [5.41, 5.74) is 0. The number of likely N-dealkylation sites (tertiary alicyclic amines) is 1. The Morgan fingerprint density at radius 1 is 1.55 bits per heavy atom. The van der Waals surface area contributed by atoms with E-state index in [1.54, 1.807) is 0 Å². The molecule has 0 aromatic carbocycles. The third-order valence-corrected chi connectivity index (χ3v) is 2.94. The highest BCUT2D eigenvalue weighted by atomic mass is 16.1. The zero-order chi connectivity index (χ0) is 7.84. The molecule has 1 aliphatic heterocycles. The molecule has 0 N–H and O–H groups in total. The minimum absolute atomic E-state index is 0.428. The summed E-state index contributed by atoms with van der Waals surface area (Å²) >= 11 is 0. The largest absolute Gasteiger partial charge is 0.298 e. The van der Waals surface area contributed by atoms with Gasteiger partial charge in [0.25, 0.3) is 0 Å². The topological polar surface area (TPSA) is 20.3 Å². The Bertz CT molecular complexity index is 174. The van der Waals surface area contributed by atoms with Crippen LogP contribution >= 0.6 is 0 Å². The lowest BCUT2D eigenvalue weighted by Crippen LogP contribution is -2.32. The molecule has 0 bridgehead atoms. The lowest BCUT2D eigenvalue weighted by molar-refractivity contribution is -0.117. The highest BCUT2D eigenvalue weighted by molar-refractivity contribution is 5.82. The van der Waals surface area contributed by atoms with E-state index in [0.29, 0.717) is 11.8 Å². The van der Waals surface area contributed by atoms with Gasteiger partial charge in [0.15, 0.2) is 0 Å². The molecule has 0 spiro atoms. The van der Waals surface area contributed by atoms with Gasteiger partial charge in [-0.2, -0.15) is 0 Å². The van der Waals surface area contributed by atoms with Crippen LogP contribution in [-0.4, -0.2) is 29.8 Å². The summed E-state index contributed by atoms with van der Waals surface area (Å²) in [6.45, 7) is 3.99. The fraction of sp³-hybridized carbons (Fsp3) is 0.889. The smallest absolute Gasteiger partial charge is 0.148 e. The van der Waals surface area contributed by atoms with Crippen molar-refractivity contribution in [3.63, 3.8) is 0 Å². The molecule has 1 saturated carbocycles. The molecule has 1 saturated heterocycles. The fourth-order valence-electron chi connectivity index (χ4n) is 1.88. The van der Waals surface area contributed by atoms with Crippen LogP contribution < -0.4 is 0 Å². The van der Waals surface area contributed by atoms with E-state index in [-0.39, 0.29) is 0 Å². The van der Waals surface area contributed by atoms with Gasteiger partial charge in [0.2, 0.25) is 0 Å². The summed E-state index contributed by atoms with van der Waals surface area (Å²) in [5, 5.41) is 0. The van der Waals surface area contributed by atoms with Gasteiger partial charge in [-0.1, -0.05) is 0 Å². The summed E-state index contributed by atoms with van der Waals surface area (Å²) in [6, 6.07) is 0.668. The summed E-state index contributed by atoms with van der Waals surface area (Å²) in [7, 11) is 0. The molecule has 2 aliphatic rings. The Morgan fingerprint density at radius 2 is 2.27 bits per heavy atom. The van der Waals surface area contributed by atoms with Gasteiger partial charge in [-0.25, -0.2) is 0 Å². The van der Waals surface area contributed by atoms with Crippen molar-refractivity contribution in [2.45, 2.75) is 32.2 Å². The van der Waals surface area contributed by atoms with Gasteiger partial charge in [-0.05, 0) is 25.7 Å². The first-order chi connectivity index (χ1) is 5.27. The number of nitrogens with zero attached hydrogens (tertiary/aromatic N) is 1. The van der Waals surface area contributed by atoms with Gasteiger partial charge in [0.1, 0.15) is 5.78 Å². The van der Waals surface area contributed by atoms with Crippen molar-refractivity contribution in [2.75, 3.05) is 13.1 Å². The molecular formula is C9H15NO. The Hall–Kier alpha value is -0.370. The van der Waals surface area contributed by atoms with Gasteiger partial charge >= 0.3 is 0 Å². The number of Topliss-reactive ketones (excluding diaryl/α,β-unsaturated/α-hetero) is 1. The molecule has 0 aromatic rings. The van der Waals surface area contributed by atoms with Gasteiger partial charge < -0.3 is 0 Å². The summed E-state index contributed by atoms with van der Waals surface area (Å²) in [5.74, 6) is 1.33. The Kier molecular flexibility index (Phi) is 1.72. The zero-order valence-electron chi connectivity index (χ0n) is 7.05. The molecule has 2 rings (SSSR count). The molecule has 0 aromatic heterocycles. The van der Waals surface area contributed by atoms with E-state index in [1.165, 1.54) is 12.8 Å². The molecule has 1 unspecified atom stereocenters. The normalized spacial score (nSPS) is 29.4. The Morgan fingerprint density at radius 3 is 2.73 bits per heavy atom. The van der Waals surface area contributed by atoms with Crippen LogP contribution in [0.15, 0.2) is 0 Å².